The van der Waals surface area contributed by atoms with E-state index in [1.807, 2.05) is 0 Å². The van der Waals surface area contributed by atoms with Crippen molar-refractivity contribution in [3.8, 4) is 0 Å². The summed E-state index contributed by atoms with van der Waals surface area (Å²) >= 11 is 0. The molecule has 1 aliphatic rings. The summed E-state index contributed by atoms with van der Waals surface area (Å²) in [5, 5.41) is 5.18. The molecule has 1 aliphatic heterocycles. The summed E-state index contributed by atoms with van der Waals surface area (Å²) in [5.74, 6) is -1.52. The monoisotopic (exact) mass is 351 g/mol. The number of rotatable bonds is 5. The predicted molar refractivity (Wildman–Crippen MR) is 94.7 cm³/mol. The van der Waals surface area contributed by atoms with E-state index in [1.54, 1.807) is 55.6 Å². The summed E-state index contributed by atoms with van der Waals surface area (Å²) in [4.78, 5) is 49.0. The number of likely N-dealkylation sites (N-methyl/N-ethyl adjacent to an activating group) is 1. The second kappa shape index (κ2) is 7.18. The molecule has 0 saturated carbocycles. The summed E-state index contributed by atoms with van der Waals surface area (Å²) < 4.78 is 0. The standard InChI is InChI=1S/C19H17N3O4/c1-20-16(23)10-12-6-8-13(9-7-12)21-17(24)11-22-18(25)14-4-2-3-5-15(14)19(22)26/h2-9H,10-11H2,1H3,(H,20,23)(H,21,24). The molecule has 0 radical (unpaired) electrons. The maximum Gasteiger partial charge on any atom is 0.262 e. The van der Waals surface area contributed by atoms with Crippen molar-refractivity contribution in [3.63, 3.8) is 0 Å². The quantitative estimate of drug-likeness (QED) is 0.792. The Labute approximate surface area is 150 Å². The van der Waals surface area contributed by atoms with Crippen LogP contribution in [0.5, 0.6) is 0 Å². The van der Waals surface area contributed by atoms with E-state index in [0.29, 0.717) is 16.8 Å². The van der Waals surface area contributed by atoms with Crippen molar-refractivity contribution in [1.82, 2.24) is 10.2 Å². The minimum absolute atomic E-state index is 0.104. The third kappa shape index (κ3) is 3.46. The highest BCUT2D eigenvalue weighted by atomic mass is 16.2. The fourth-order valence-corrected chi connectivity index (χ4v) is 2.71. The van der Waals surface area contributed by atoms with Crippen LogP contribution in [-0.2, 0) is 16.0 Å². The Balaban J connectivity index is 1.62. The first kappa shape index (κ1) is 17.3. The van der Waals surface area contributed by atoms with Crippen LogP contribution in [0.1, 0.15) is 26.3 Å². The number of hydrogen-bond acceptors (Lipinski definition) is 4. The van der Waals surface area contributed by atoms with Crippen molar-refractivity contribution in [3.05, 3.63) is 65.2 Å². The first-order chi connectivity index (χ1) is 12.5. The van der Waals surface area contributed by atoms with Gasteiger partial charge in [-0.15, -0.1) is 0 Å². The van der Waals surface area contributed by atoms with Gasteiger partial charge in [-0.3, -0.25) is 24.1 Å². The lowest BCUT2D eigenvalue weighted by atomic mass is 10.1. The van der Waals surface area contributed by atoms with Crippen LogP contribution in [0.2, 0.25) is 0 Å². The van der Waals surface area contributed by atoms with Gasteiger partial charge in [-0.2, -0.15) is 0 Å². The highest BCUT2D eigenvalue weighted by molar-refractivity contribution is 6.22. The maximum absolute atomic E-state index is 12.3. The molecule has 132 valence electrons. The van der Waals surface area contributed by atoms with E-state index in [9.17, 15) is 19.2 Å². The van der Waals surface area contributed by atoms with Gasteiger partial charge in [0.15, 0.2) is 0 Å². The topological polar surface area (TPSA) is 95.6 Å². The van der Waals surface area contributed by atoms with Crippen LogP contribution < -0.4 is 10.6 Å². The van der Waals surface area contributed by atoms with Crippen LogP contribution in [-0.4, -0.2) is 42.1 Å². The number of imide groups is 1. The van der Waals surface area contributed by atoms with E-state index in [4.69, 9.17) is 0 Å². The minimum atomic E-state index is -0.474. The molecule has 0 atom stereocenters. The number of carbonyl (C=O) groups excluding carboxylic acids is 4. The molecule has 7 heteroatoms. The first-order valence-corrected chi connectivity index (χ1v) is 8.04. The van der Waals surface area contributed by atoms with Crippen LogP contribution in [0.3, 0.4) is 0 Å². The summed E-state index contributed by atoms with van der Waals surface area (Å²) in [6, 6.07) is 13.3. The van der Waals surface area contributed by atoms with Crippen molar-refractivity contribution in [1.29, 1.82) is 0 Å². The SMILES string of the molecule is CNC(=O)Cc1ccc(NC(=O)CN2C(=O)c3ccccc3C2=O)cc1. The molecule has 26 heavy (non-hydrogen) atoms. The lowest BCUT2D eigenvalue weighted by Crippen LogP contribution is -2.37. The summed E-state index contributed by atoms with van der Waals surface area (Å²) in [7, 11) is 1.57. The molecule has 0 bridgehead atoms. The molecular formula is C19H17N3O4. The smallest absolute Gasteiger partial charge is 0.262 e. The normalized spacial score (nSPS) is 12.7. The lowest BCUT2D eigenvalue weighted by molar-refractivity contribution is -0.120. The van der Waals surface area contributed by atoms with Gasteiger partial charge in [-0.1, -0.05) is 24.3 Å². The Hall–Kier alpha value is -3.48. The number of carbonyl (C=O) groups is 4. The molecule has 0 spiro atoms. The number of amides is 4. The molecule has 2 aromatic carbocycles. The highest BCUT2D eigenvalue weighted by Crippen LogP contribution is 2.22. The van der Waals surface area contributed by atoms with Crippen LogP contribution >= 0.6 is 0 Å². The van der Waals surface area contributed by atoms with Gasteiger partial charge in [0.25, 0.3) is 11.8 Å². The van der Waals surface area contributed by atoms with Gasteiger partial charge in [0.2, 0.25) is 11.8 Å². The third-order valence-corrected chi connectivity index (χ3v) is 4.06. The Morgan fingerprint density at radius 3 is 2.00 bits per heavy atom. The minimum Gasteiger partial charge on any atom is -0.359 e. The van der Waals surface area contributed by atoms with E-state index in [2.05, 4.69) is 10.6 Å². The maximum atomic E-state index is 12.3. The molecule has 2 N–H and O–H groups in total. The number of nitrogens with one attached hydrogen (secondary N) is 2. The Morgan fingerprint density at radius 1 is 0.885 bits per heavy atom. The number of benzene rings is 2. The van der Waals surface area contributed by atoms with Gasteiger partial charge in [-0.25, -0.2) is 0 Å². The van der Waals surface area contributed by atoms with Crippen molar-refractivity contribution in [2.45, 2.75) is 6.42 Å². The number of fused-ring (bicyclic) bond motifs is 1. The van der Waals surface area contributed by atoms with E-state index in [-0.39, 0.29) is 18.9 Å². The molecule has 0 fully saturated rings. The fraction of sp³-hybridized carbons (Fsp3) is 0.158. The van der Waals surface area contributed by atoms with E-state index >= 15 is 0 Å². The molecule has 0 aromatic heterocycles. The Morgan fingerprint density at radius 2 is 1.46 bits per heavy atom. The van der Waals surface area contributed by atoms with Crippen molar-refractivity contribution >= 4 is 29.3 Å². The summed E-state index contributed by atoms with van der Waals surface area (Å²) in [5.41, 5.74) is 1.95. The molecule has 3 rings (SSSR count). The van der Waals surface area contributed by atoms with Crippen LogP contribution in [0, 0.1) is 0 Å². The van der Waals surface area contributed by atoms with Gasteiger partial charge in [0.1, 0.15) is 6.54 Å². The zero-order valence-corrected chi connectivity index (χ0v) is 14.1. The lowest BCUT2D eigenvalue weighted by Gasteiger charge is -2.13. The average Bonchev–Trinajstić information content (AvgIpc) is 2.88. The summed E-state index contributed by atoms with van der Waals surface area (Å²) in [6.45, 7) is -0.355. The van der Waals surface area contributed by atoms with Crippen molar-refractivity contribution < 1.29 is 19.2 Å². The van der Waals surface area contributed by atoms with Crippen LogP contribution in [0.15, 0.2) is 48.5 Å². The first-order valence-electron chi connectivity index (χ1n) is 8.04. The van der Waals surface area contributed by atoms with Gasteiger partial charge < -0.3 is 10.6 Å². The van der Waals surface area contributed by atoms with Gasteiger partial charge in [0.05, 0.1) is 17.5 Å². The van der Waals surface area contributed by atoms with Crippen LogP contribution in [0.25, 0.3) is 0 Å². The van der Waals surface area contributed by atoms with Gasteiger partial charge >= 0.3 is 0 Å². The molecule has 0 unspecified atom stereocenters. The number of anilines is 1. The second-order valence-corrected chi connectivity index (χ2v) is 5.84. The van der Waals surface area contributed by atoms with E-state index in [1.165, 1.54) is 0 Å². The zero-order valence-electron chi connectivity index (χ0n) is 14.1. The molecular weight excluding hydrogens is 334 g/mol. The molecule has 2 aromatic rings. The van der Waals surface area contributed by atoms with E-state index < -0.39 is 17.7 Å². The van der Waals surface area contributed by atoms with E-state index in [0.717, 1.165) is 10.5 Å². The fourth-order valence-electron chi connectivity index (χ4n) is 2.71. The molecule has 0 aliphatic carbocycles. The van der Waals surface area contributed by atoms with Crippen LogP contribution in [0.4, 0.5) is 5.69 Å². The Kier molecular flexibility index (Phi) is 4.79. The van der Waals surface area contributed by atoms with Gasteiger partial charge in [-0.05, 0) is 29.8 Å². The zero-order chi connectivity index (χ0) is 18.7. The number of hydrogen-bond donors (Lipinski definition) is 2. The Bertz CT molecular complexity index is 855. The highest BCUT2D eigenvalue weighted by Gasteiger charge is 2.36. The predicted octanol–water partition coefficient (Wildman–Crippen LogP) is 1.21. The average molecular weight is 351 g/mol. The summed E-state index contributed by atoms with van der Waals surface area (Å²) in [6.07, 6.45) is 0.250. The number of nitrogens with zero attached hydrogens (tertiary/aromatic N) is 1. The van der Waals surface area contributed by atoms with Crippen molar-refractivity contribution in [2.75, 3.05) is 18.9 Å². The second-order valence-electron chi connectivity index (χ2n) is 5.84. The largest absolute Gasteiger partial charge is 0.359 e. The third-order valence-electron chi connectivity index (χ3n) is 4.06. The molecule has 0 saturated heterocycles. The van der Waals surface area contributed by atoms with Crippen molar-refractivity contribution in [2.24, 2.45) is 0 Å². The molecule has 7 nitrogen and oxygen atoms in total. The van der Waals surface area contributed by atoms with Gasteiger partial charge in [0, 0.05) is 12.7 Å². The molecule has 4 amide bonds. The molecule has 1 heterocycles.